The molecule has 12 heteroatoms. The van der Waals surface area contributed by atoms with Crippen LogP contribution in [0, 0.1) is 5.82 Å². The van der Waals surface area contributed by atoms with Gasteiger partial charge in [0.15, 0.2) is 15.8 Å². The summed E-state index contributed by atoms with van der Waals surface area (Å²) < 4.78 is 25.0. The summed E-state index contributed by atoms with van der Waals surface area (Å²) in [4.78, 5) is 28.1. The summed E-state index contributed by atoms with van der Waals surface area (Å²) in [6.45, 7) is 0.757. The predicted molar refractivity (Wildman–Crippen MR) is 150 cm³/mol. The standard InChI is InChI=1S/C28H19ClFN3O5S2/c29-18-3-1-2-16(12-18)23-22(24(34)17-6-9-20-21(13-17)38-11-10-37-20)25(35)26(36)33(23)27-31-32-28(40-27)39-14-15-4-7-19(30)8-5-15/h1-9,12-13,23,34H,10-11,14H2. The van der Waals surface area contributed by atoms with E-state index in [4.69, 9.17) is 21.1 Å². The Morgan fingerprint density at radius 2 is 1.82 bits per heavy atom. The maximum Gasteiger partial charge on any atom is 0.301 e. The van der Waals surface area contributed by atoms with Gasteiger partial charge in [-0.1, -0.05) is 59.0 Å². The molecule has 0 radical (unpaired) electrons. The van der Waals surface area contributed by atoms with Gasteiger partial charge in [-0.3, -0.25) is 14.5 Å². The molecule has 1 unspecified atom stereocenters. The van der Waals surface area contributed by atoms with Crippen molar-refractivity contribution in [3.05, 3.63) is 99.8 Å². The monoisotopic (exact) mass is 595 g/mol. The highest BCUT2D eigenvalue weighted by atomic mass is 35.5. The number of aliphatic hydroxyl groups excluding tert-OH is 1. The molecular weight excluding hydrogens is 577 g/mol. The van der Waals surface area contributed by atoms with Crippen LogP contribution >= 0.6 is 34.7 Å². The van der Waals surface area contributed by atoms with Crippen LogP contribution in [0.3, 0.4) is 0 Å². The summed E-state index contributed by atoms with van der Waals surface area (Å²) in [5, 5.41) is 20.4. The lowest BCUT2D eigenvalue weighted by molar-refractivity contribution is -0.132. The molecule has 3 heterocycles. The molecule has 1 amide bonds. The highest BCUT2D eigenvalue weighted by Crippen LogP contribution is 2.45. The number of anilines is 1. The molecule has 0 saturated carbocycles. The molecule has 1 aromatic heterocycles. The molecule has 6 rings (SSSR count). The van der Waals surface area contributed by atoms with E-state index in [0.29, 0.717) is 51.0 Å². The molecule has 40 heavy (non-hydrogen) atoms. The number of hydrogen-bond acceptors (Lipinski definition) is 9. The van der Waals surface area contributed by atoms with Crippen LogP contribution < -0.4 is 14.4 Å². The van der Waals surface area contributed by atoms with Gasteiger partial charge in [0.2, 0.25) is 5.13 Å². The Hall–Kier alpha value is -3.93. The van der Waals surface area contributed by atoms with E-state index in [2.05, 4.69) is 10.2 Å². The largest absolute Gasteiger partial charge is 0.507 e. The Morgan fingerprint density at radius 3 is 2.60 bits per heavy atom. The number of hydrogen-bond donors (Lipinski definition) is 1. The minimum absolute atomic E-state index is 0.111. The van der Waals surface area contributed by atoms with Gasteiger partial charge in [-0.25, -0.2) is 4.39 Å². The van der Waals surface area contributed by atoms with Crippen molar-refractivity contribution in [2.75, 3.05) is 18.1 Å². The van der Waals surface area contributed by atoms with Gasteiger partial charge < -0.3 is 14.6 Å². The fraction of sp³-hybridized carbons (Fsp3) is 0.143. The van der Waals surface area contributed by atoms with Crippen molar-refractivity contribution < 1.29 is 28.6 Å². The molecular formula is C28H19ClFN3O5S2. The molecule has 8 nitrogen and oxygen atoms in total. The van der Waals surface area contributed by atoms with Gasteiger partial charge in [0, 0.05) is 16.3 Å². The van der Waals surface area contributed by atoms with E-state index in [1.807, 2.05) is 0 Å². The molecule has 2 aliphatic heterocycles. The Kier molecular flexibility index (Phi) is 7.18. The molecule has 1 fully saturated rings. The van der Waals surface area contributed by atoms with Gasteiger partial charge in [-0.2, -0.15) is 0 Å². The van der Waals surface area contributed by atoms with Crippen LogP contribution in [0.1, 0.15) is 22.7 Å². The second kappa shape index (κ2) is 10.9. The number of thioether (sulfide) groups is 1. The Bertz CT molecular complexity index is 1660. The van der Waals surface area contributed by atoms with Crippen LogP contribution in [0.5, 0.6) is 11.5 Å². The highest BCUT2D eigenvalue weighted by Gasteiger charge is 2.48. The van der Waals surface area contributed by atoms with Crippen molar-refractivity contribution in [2.24, 2.45) is 0 Å². The fourth-order valence-electron chi connectivity index (χ4n) is 4.45. The number of benzene rings is 3. The first-order valence-electron chi connectivity index (χ1n) is 12.1. The molecule has 0 spiro atoms. The second-order valence-electron chi connectivity index (χ2n) is 8.85. The summed E-state index contributed by atoms with van der Waals surface area (Å²) >= 11 is 8.78. The van der Waals surface area contributed by atoms with Crippen LogP contribution in [0.4, 0.5) is 9.52 Å². The summed E-state index contributed by atoms with van der Waals surface area (Å²) in [5.74, 6) is -0.943. The Morgan fingerprint density at radius 1 is 1.05 bits per heavy atom. The number of aliphatic hydroxyl groups is 1. The lowest BCUT2D eigenvalue weighted by Gasteiger charge is -2.23. The van der Waals surface area contributed by atoms with Gasteiger partial charge in [-0.05, 0) is 53.6 Å². The third kappa shape index (κ3) is 5.03. The number of carbonyl (C=O) groups excluding carboxylic acids is 2. The van der Waals surface area contributed by atoms with Crippen molar-refractivity contribution >= 4 is 57.3 Å². The van der Waals surface area contributed by atoms with E-state index >= 15 is 0 Å². The smallest absolute Gasteiger partial charge is 0.301 e. The van der Waals surface area contributed by atoms with Crippen molar-refractivity contribution in [2.45, 2.75) is 16.1 Å². The molecule has 4 aromatic rings. The number of halogens is 2. The quantitative estimate of drug-likeness (QED) is 0.0949. The van der Waals surface area contributed by atoms with E-state index in [1.165, 1.54) is 28.8 Å². The third-order valence-corrected chi connectivity index (χ3v) is 8.66. The second-order valence-corrected chi connectivity index (χ2v) is 11.5. The van der Waals surface area contributed by atoms with Gasteiger partial charge in [-0.15, -0.1) is 10.2 Å². The summed E-state index contributed by atoms with van der Waals surface area (Å²) in [7, 11) is 0. The predicted octanol–water partition coefficient (Wildman–Crippen LogP) is 6.02. The van der Waals surface area contributed by atoms with Crippen molar-refractivity contribution in [1.29, 1.82) is 0 Å². The minimum Gasteiger partial charge on any atom is -0.507 e. The number of Topliss-reactive ketones (excluding diaryl/α,β-unsaturated/α-hetero) is 1. The topological polar surface area (TPSA) is 102 Å². The third-order valence-electron chi connectivity index (χ3n) is 6.30. The lowest BCUT2D eigenvalue weighted by atomic mass is 9.95. The van der Waals surface area contributed by atoms with E-state index < -0.39 is 17.7 Å². The normalized spacial score (nSPS) is 17.9. The molecule has 1 saturated heterocycles. The molecule has 1 atom stereocenters. The van der Waals surface area contributed by atoms with Crippen molar-refractivity contribution in [3.8, 4) is 11.5 Å². The number of ether oxygens (including phenoxy) is 2. The lowest BCUT2D eigenvalue weighted by Crippen LogP contribution is -2.29. The number of rotatable bonds is 6. The van der Waals surface area contributed by atoms with Crippen molar-refractivity contribution in [3.63, 3.8) is 0 Å². The van der Waals surface area contributed by atoms with E-state index in [9.17, 15) is 19.1 Å². The van der Waals surface area contributed by atoms with Gasteiger partial charge in [0.25, 0.3) is 5.78 Å². The van der Waals surface area contributed by atoms with Crippen LogP contribution in [-0.2, 0) is 15.3 Å². The van der Waals surface area contributed by atoms with E-state index in [0.717, 1.165) is 16.9 Å². The van der Waals surface area contributed by atoms with Gasteiger partial charge in [0.1, 0.15) is 24.8 Å². The molecule has 202 valence electrons. The minimum atomic E-state index is -1.00. The number of aromatic nitrogens is 2. The number of carbonyl (C=O) groups is 2. The maximum atomic E-state index is 13.4. The Balaban J connectivity index is 1.38. The number of fused-ring (bicyclic) bond motifs is 1. The van der Waals surface area contributed by atoms with Crippen LogP contribution in [0.2, 0.25) is 5.02 Å². The fourth-order valence-corrected chi connectivity index (χ4v) is 6.47. The zero-order chi connectivity index (χ0) is 27.8. The van der Waals surface area contributed by atoms with Crippen LogP contribution in [0.25, 0.3) is 5.76 Å². The van der Waals surface area contributed by atoms with E-state index in [1.54, 1.807) is 54.6 Å². The zero-order valence-corrected chi connectivity index (χ0v) is 22.9. The molecule has 3 aromatic carbocycles. The average Bonchev–Trinajstić information content (AvgIpc) is 3.54. The molecule has 1 N–H and O–H groups in total. The summed E-state index contributed by atoms with van der Waals surface area (Å²) in [6, 6.07) is 16.7. The summed E-state index contributed by atoms with van der Waals surface area (Å²) in [6.07, 6.45) is 0. The van der Waals surface area contributed by atoms with E-state index in [-0.39, 0.29) is 22.3 Å². The highest BCUT2D eigenvalue weighted by molar-refractivity contribution is 8.00. The number of ketones is 1. The maximum absolute atomic E-state index is 13.4. The van der Waals surface area contributed by atoms with Crippen LogP contribution in [-0.4, -0.2) is 40.2 Å². The average molecular weight is 596 g/mol. The van der Waals surface area contributed by atoms with Crippen LogP contribution in [0.15, 0.2) is 76.6 Å². The first-order valence-corrected chi connectivity index (χ1v) is 14.2. The van der Waals surface area contributed by atoms with Gasteiger partial charge >= 0.3 is 5.91 Å². The van der Waals surface area contributed by atoms with Crippen molar-refractivity contribution in [1.82, 2.24) is 10.2 Å². The van der Waals surface area contributed by atoms with Gasteiger partial charge in [0.05, 0.1) is 11.6 Å². The Labute approximate surface area is 241 Å². The number of nitrogens with zero attached hydrogens (tertiary/aromatic N) is 3. The summed E-state index contributed by atoms with van der Waals surface area (Å²) in [5.41, 5.74) is 1.59. The SMILES string of the molecule is O=C1C(=O)N(c2nnc(SCc3ccc(F)cc3)s2)C(c2cccc(Cl)c2)C1=C(O)c1ccc2c(c1)OCCO2. The molecule has 2 aliphatic rings. The number of amides is 1. The molecule has 0 aliphatic carbocycles. The zero-order valence-electron chi connectivity index (χ0n) is 20.5. The first kappa shape index (κ1) is 26.3. The molecule has 0 bridgehead atoms. The first-order chi connectivity index (χ1) is 19.4.